The number of anilines is 1. The molecule has 6 aromatic rings. The number of fused-ring (bicyclic) bond motifs is 2. The maximum absolute atomic E-state index is 15.0. The first-order chi connectivity index (χ1) is 26.3. The van der Waals surface area contributed by atoms with E-state index in [1.54, 1.807) is 53.1 Å². The number of phenols is 2. The van der Waals surface area contributed by atoms with E-state index >= 15 is 0 Å². The first-order valence-electron chi connectivity index (χ1n) is 17.4. The van der Waals surface area contributed by atoms with Gasteiger partial charge in [0.2, 0.25) is 5.43 Å². The zero-order valence-electron chi connectivity index (χ0n) is 29.7. The minimum Gasteiger partial charge on any atom is -0.507 e. The lowest BCUT2D eigenvalue weighted by atomic mass is 9.90. The molecule has 0 unspecified atom stereocenters. The number of halogens is 1. The molecule has 2 aliphatic heterocycles. The van der Waals surface area contributed by atoms with Crippen molar-refractivity contribution in [3.8, 4) is 17.2 Å². The van der Waals surface area contributed by atoms with Crippen LogP contribution in [0.2, 0.25) is 0 Å². The van der Waals surface area contributed by atoms with Gasteiger partial charge >= 0.3 is 17.9 Å². The molecule has 3 heterocycles. The number of aromatic hydroxyl groups is 2. The highest BCUT2D eigenvalue weighted by Crippen LogP contribution is 2.42. The molecule has 1 fully saturated rings. The summed E-state index contributed by atoms with van der Waals surface area (Å²) in [5, 5.41) is 52.2. The molecule has 14 heteroatoms. The zero-order chi connectivity index (χ0) is 39.3. The summed E-state index contributed by atoms with van der Waals surface area (Å²) in [6.45, 7) is 5.08. The number of benzene rings is 5. The molecular weight excluding hydrogens is 713 g/mol. The van der Waals surface area contributed by atoms with E-state index in [4.69, 9.17) is 4.74 Å². The van der Waals surface area contributed by atoms with Crippen LogP contribution in [-0.4, -0.2) is 92.7 Å². The van der Waals surface area contributed by atoms with E-state index in [9.17, 15) is 49.1 Å². The van der Waals surface area contributed by atoms with E-state index < -0.39 is 40.7 Å². The fraction of sp³-hybridized carbons (Fsp3) is 0.220. The van der Waals surface area contributed by atoms with Crippen molar-refractivity contribution >= 4 is 56.0 Å². The van der Waals surface area contributed by atoms with E-state index in [0.29, 0.717) is 62.7 Å². The number of ether oxygens (including phenoxy) is 1. The van der Waals surface area contributed by atoms with Gasteiger partial charge in [0.15, 0.2) is 11.6 Å². The van der Waals surface area contributed by atoms with Crippen LogP contribution in [0.25, 0.3) is 32.4 Å². The predicted molar refractivity (Wildman–Crippen MR) is 203 cm³/mol. The fourth-order valence-electron chi connectivity index (χ4n) is 7.37. The van der Waals surface area contributed by atoms with Gasteiger partial charge in [0, 0.05) is 49.9 Å². The third-order valence-electron chi connectivity index (χ3n) is 10.3. The molecule has 8 rings (SSSR count). The number of nitrogens with zero attached hydrogens (tertiary/aromatic N) is 3. The fourth-order valence-corrected chi connectivity index (χ4v) is 7.37. The smallest absolute Gasteiger partial charge is 0.341 e. The van der Waals surface area contributed by atoms with Crippen molar-refractivity contribution in [2.24, 2.45) is 0 Å². The molecule has 5 aromatic carbocycles. The van der Waals surface area contributed by atoms with E-state index in [-0.39, 0.29) is 41.1 Å². The van der Waals surface area contributed by atoms with Gasteiger partial charge in [-0.2, -0.15) is 0 Å². The minimum atomic E-state index is -1.32. The van der Waals surface area contributed by atoms with Gasteiger partial charge in [-0.15, -0.1) is 0 Å². The molecular formula is C41H36FN3O10. The summed E-state index contributed by atoms with van der Waals surface area (Å²) in [6, 6.07) is 17.8. The lowest BCUT2D eigenvalue weighted by Crippen LogP contribution is -2.45. The Bertz CT molecular complexity index is 2530. The van der Waals surface area contributed by atoms with Crippen LogP contribution >= 0.6 is 0 Å². The molecule has 0 aliphatic carbocycles. The second kappa shape index (κ2) is 14.3. The number of carboxylic acids is 3. The molecule has 0 bridgehead atoms. The number of likely N-dealkylation sites (N-methyl/N-ethyl adjacent to an activating group) is 1. The van der Waals surface area contributed by atoms with Gasteiger partial charge in [-0.1, -0.05) is 48.5 Å². The average Bonchev–Trinajstić information content (AvgIpc) is 3.16. The minimum absolute atomic E-state index is 0.0407. The number of hydrogen-bond acceptors (Lipinski definition) is 9. The predicted octanol–water partition coefficient (Wildman–Crippen LogP) is 5.94. The molecule has 5 N–H and O–H groups in total. The van der Waals surface area contributed by atoms with E-state index in [1.807, 2.05) is 18.9 Å². The van der Waals surface area contributed by atoms with Gasteiger partial charge in [-0.25, -0.2) is 18.8 Å². The number of aromatic nitrogens is 1. The standard InChI is InChI=1S/C23H16O6.C18H20FN3O4/c24-20-16(14-7-3-1-5-12(14)9-18(20)22(26)27)11-17-15-8-4-2-6-13(15)10-19(21(17)25)23(28)29;1-10-9-26-17-14-11(16(23)12(18(24)25)8-22(10)14)7-13(19)15(17)21-5-3-20(2)4-6-21/h1-10,24-25H,11H2,(H,26,27)(H,28,29);7-8,10H,3-6,9H2,1-2H3,(H,24,25)/t;10-/m.0/s1. The van der Waals surface area contributed by atoms with Crippen LogP contribution in [0.1, 0.15) is 55.2 Å². The Morgan fingerprint density at radius 2 is 1.27 bits per heavy atom. The van der Waals surface area contributed by atoms with E-state index in [1.165, 1.54) is 18.3 Å². The summed E-state index contributed by atoms with van der Waals surface area (Å²) in [4.78, 5) is 51.3. The van der Waals surface area contributed by atoms with Crippen molar-refractivity contribution in [1.82, 2.24) is 9.47 Å². The highest BCUT2D eigenvalue weighted by atomic mass is 19.1. The largest absolute Gasteiger partial charge is 0.507 e. The lowest BCUT2D eigenvalue weighted by Gasteiger charge is -2.37. The Morgan fingerprint density at radius 1 is 0.764 bits per heavy atom. The maximum Gasteiger partial charge on any atom is 0.341 e. The van der Waals surface area contributed by atoms with Crippen LogP contribution in [0.5, 0.6) is 17.2 Å². The van der Waals surface area contributed by atoms with Crippen LogP contribution in [-0.2, 0) is 6.42 Å². The number of rotatable bonds is 6. The van der Waals surface area contributed by atoms with Crippen LogP contribution in [0, 0.1) is 5.82 Å². The maximum atomic E-state index is 15.0. The molecule has 1 atom stereocenters. The molecule has 0 saturated carbocycles. The lowest BCUT2D eigenvalue weighted by molar-refractivity contribution is 0.0682. The Balaban J connectivity index is 0.000000170. The summed E-state index contributed by atoms with van der Waals surface area (Å²) in [6.07, 6.45) is 1.30. The Morgan fingerprint density at radius 3 is 1.78 bits per heavy atom. The molecule has 2 aliphatic rings. The summed E-state index contributed by atoms with van der Waals surface area (Å²) < 4.78 is 22.6. The number of pyridine rings is 1. The van der Waals surface area contributed by atoms with Crippen LogP contribution in [0.4, 0.5) is 10.1 Å². The molecule has 1 aromatic heterocycles. The van der Waals surface area contributed by atoms with Crippen molar-refractivity contribution < 1.29 is 49.0 Å². The number of aromatic carboxylic acids is 3. The summed E-state index contributed by atoms with van der Waals surface area (Å²) >= 11 is 0. The van der Waals surface area contributed by atoms with Crippen LogP contribution in [0.3, 0.4) is 0 Å². The molecule has 282 valence electrons. The van der Waals surface area contributed by atoms with Crippen molar-refractivity contribution in [3.05, 3.63) is 117 Å². The second-order valence-corrected chi connectivity index (χ2v) is 13.7. The second-order valence-electron chi connectivity index (χ2n) is 13.7. The number of carbonyl (C=O) groups is 3. The van der Waals surface area contributed by atoms with Crippen molar-refractivity contribution in [1.29, 1.82) is 0 Å². The van der Waals surface area contributed by atoms with Crippen LogP contribution < -0.4 is 15.1 Å². The van der Waals surface area contributed by atoms with E-state index in [0.717, 1.165) is 19.2 Å². The SMILES string of the molecule is C[C@H]1COc2c(N3CCN(C)CC3)c(F)cc3c(=O)c(C(=O)O)cn1c23.O=C(O)c1cc2ccccc2c(Cc2c(O)c(C(=O)O)cc3ccccc23)c1O. The highest BCUT2D eigenvalue weighted by molar-refractivity contribution is 6.02. The third kappa shape index (κ3) is 6.50. The average molecular weight is 750 g/mol. The molecule has 0 spiro atoms. The molecule has 1 saturated heterocycles. The topological polar surface area (TPSA) is 190 Å². The Labute approximate surface area is 312 Å². The van der Waals surface area contributed by atoms with Crippen molar-refractivity contribution in [3.63, 3.8) is 0 Å². The van der Waals surface area contributed by atoms with E-state index in [2.05, 4.69) is 4.90 Å². The first-order valence-corrected chi connectivity index (χ1v) is 17.4. The summed E-state index contributed by atoms with van der Waals surface area (Å²) in [7, 11) is 2.02. The van der Waals surface area contributed by atoms with Gasteiger partial charge in [0.25, 0.3) is 0 Å². The number of piperazine rings is 1. The van der Waals surface area contributed by atoms with Gasteiger partial charge in [0.1, 0.15) is 40.5 Å². The molecule has 55 heavy (non-hydrogen) atoms. The number of carboxylic acid groups (broad SMARTS) is 3. The van der Waals surface area contributed by atoms with Gasteiger partial charge in [-0.05, 0) is 53.7 Å². The highest BCUT2D eigenvalue weighted by Gasteiger charge is 2.31. The molecule has 13 nitrogen and oxygen atoms in total. The molecule has 0 radical (unpaired) electrons. The first kappa shape index (κ1) is 36.7. The summed E-state index contributed by atoms with van der Waals surface area (Å²) in [5.74, 6) is -4.90. The van der Waals surface area contributed by atoms with Gasteiger partial charge in [0.05, 0.1) is 16.9 Å². The molecule has 0 amide bonds. The van der Waals surface area contributed by atoms with Gasteiger partial charge in [-0.3, -0.25) is 4.79 Å². The quantitative estimate of drug-likeness (QED) is 0.135. The third-order valence-corrected chi connectivity index (χ3v) is 10.3. The summed E-state index contributed by atoms with van der Waals surface area (Å²) in [5.41, 5.74) is -0.112. The van der Waals surface area contributed by atoms with Crippen LogP contribution in [0.15, 0.2) is 77.7 Å². The van der Waals surface area contributed by atoms with Crippen molar-refractivity contribution in [2.75, 3.05) is 44.7 Å². The zero-order valence-corrected chi connectivity index (χ0v) is 29.7. The Kier molecular flexibility index (Phi) is 9.53. The van der Waals surface area contributed by atoms with Gasteiger partial charge < -0.3 is 44.6 Å². The monoisotopic (exact) mass is 749 g/mol. The Hall–Kier alpha value is -6.67. The number of hydrogen-bond donors (Lipinski definition) is 5. The normalized spacial score (nSPS) is 15.4. The van der Waals surface area contributed by atoms with Crippen molar-refractivity contribution in [2.45, 2.75) is 19.4 Å².